The normalized spacial score (nSPS) is 22.0. The SMILES string of the molecule is COc1ccc(C(=O)N2CCC(C(=O)O)C(C)C2)c(C)c1. The molecule has 0 spiro atoms. The number of ether oxygens (including phenoxy) is 1. The highest BCUT2D eigenvalue weighted by Gasteiger charge is 2.33. The van der Waals surface area contributed by atoms with Crippen molar-refractivity contribution >= 4 is 11.9 Å². The first-order chi connectivity index (χ1) is 9.93. The van der Waals surface area contributed by atoms with Gasteiger partial charge in [-0.1, -0.05) is 6.92 Å². The van der Waals surface area contributed by atoms with Crippen LogP contribution in [0.1, 0.15) is 29.3 Å². The topological polar surface area (TPSA) is 66.8 Å². The predicted octanol–water partition coefficient (Wildman–Crippen LogP) is 2.19. The van der Waals surface area contributed by atoms with E-state index >= 15 is 0 Å². The van der Waals surface area contributed by atoms with Crippen molar-refractivity contribution in [3.05, 3.63) is 29.3 Å². The summed E-state index contributed by atoms with van der Waals surface area (Å²) in [5, 5.41) is 9.14. The molecule has 1 N–H and O–H groups in total. The van der Waals surface area contributed by atoms with Gasteiger partial charge in [0.25, 0.3) is 5.91 Å². The second-order valence-electron chi connectivity index (χ2n) is 5.64. The lowest BCUT2D eigenvalue weighted by molar-refractivity contribution is -0.145. The number of carboxylic acids is 1. The molecule has 1 aliphatic rings. The summed E-state index contributed by atoms with van der Waals surface area (Å²) in [5.74, 6) is -0.465. The third-order valence-electron chi connectivity index (χ3n) is 4.17. The van der Waals surface area contributed by atoms with Crippen molar-refractivity contribution in [3.8, 4) is 5.75 Å². The minimum atomic E-state index is -0.768. The van der Waals surface area contributed by atoms with Crippen LogP contribution in [0, 0.1) is 18.8 Å². The second-order valence-corrected chi connectivity index (χ2v) is 5.64. The van der Waals surface area contributed by atoms with Gasteiger partial charge in [-0.3, -0.25) is 9.59 Å². The Morgan fingerprint density at radius 3 is 2.62 bits per heavy atom. The standard InChI is InChI=1S/C16H21NO4/c1-10-8-12(21-3)4-5-13(10)15(18)17-7-6-14(16(19)20)11(2)9-17/h4-5,8,11,14H,6-7,9H2,1-3H3,(H,19,20). The number of hydrogen-bond acceptors (Lipinski definition) is 3. The molecule has 2 rings (SSSR count). The number of carbonyl (C=O) groups excluding carboxylic acids is 1. The molecular weight excluding hydrogens is 270 g/mol. The number of rotatable bonds is 3. The molecular formula is C16H21NO4. The first-order valence-electron chi connectivity index (χ1n) is 7.10. The average Bonchev–Trinajstić information content (AvgIpc) is 2.45. The van der Waals surface area contributed by atoms with Crippen molar-refractivity contribution in [1.82, 2.24) is 4.90 Å². The van der Waals surface area contributed by atoms with Gasteiger partial charge >= 0.3 is 5.97 Å². The fraction of sp³-hybridized carbons (Fsp3) is 0.500. The number of methoxy groups -OCH3 is 1. The lowest BCUT2D eigenvalue weighted by Gasteiger charge is -2.35. The lowest BCUT2D eigenvalue weighted by atomic mass is 9.86. The molecule has 0 radical (unpaired) electrons. The largest absolute Gasteiger partial charge is 0.497 e. The van der Waals surface area contributed by atoms with Gasteiger partial charge in [0.1, 0.15) is 5.75 Å². The number of aryl methyl sites for hydroxylation is 1. The van der Waals surface area contributed by atoms with Gasteiger partial charge in [0.15, 0.2) is 0 Å². The lowest BCUT2D eigenvalue weighted by Crippen LogP contribution is -2.45. The minimum absolute atomic E-state index is 0.0289. The van der Waals surface area contributed by atoms with E-state index in [2.05, 4.69) is 0 Å². The number of carbonyl (C=O) groups is 2. The Bertz CT molecular complexity index is 555. The molecule has 1 saturated heterocycles. The first kappa shape index (κ1) is 15.4. The van der Waals surface area contributed by atoms with E-state index in [0.29, 0.717) is 25.1 Å². The summed E-state index contributed by atoms with van der Waals surface area (Å²) in [7, 11) is 1.59. The molecule has 1 aromatic rings. The van der Waals surface area contributed by atoms with E-state index in [9.17, 15) is 9.59 Å². The number of likely N-dealkylation sites (tertiary alicyclic amines) is 1. The van der Waals surface area contributed by atoms with Gasteiger partial charge in [0.05, 0.1) is 13.0 Å². The van der Waals surface area contributed by atoms with Crippen LogP contribution in [0.2, 0.25) is 0 Å². The van der Waals surface area contributed by atoms with Crippen LogP contribution in [0.25, 0.3) is 0 Å². The molecule has 21 heavy (non-hydrogen) atoms. The third-order valence-corrected chi connectivity index (χ3v) is 4.17. The molecule has 2 unspecified atom stereocenters. The molecule has 1 aliphatic heterocycles. The van der Waals surface area contributed by atoms with Gasteiger partial charge in [-0.15, -0.1) is 0 Å². The quantitative estimate of drug-likeness (QED) is 0.927. The average molecular weight is 291 g/mol. The van der Waals surface area contributed by atoms with Crippen LogP contribution in [0.4, 0.5) is 0 Å². The Balaban J connectivity index is 2.13. The molecule has 1 amide bonds. The molecule has 0 aliphatic carbocycles. The summed E-state index contributed by atoms with van der Waals surface area (Å²) in [6, 6.07) is 5.37. The molecule has 1 aromatic carbocycles. The van der Waals surface area contributed by atoms with E-state index in [4.69, 9.17) is 9.84 Å². The van der Waals surface area contributed by atoms with Crippen molar-refractivity contribution in [2.45, 2.75) is 20.3 Å². The molecule has 0 saturated carbocycles. The number of piperidine rings is 1. The summed E-state index contributed by atoms with van der Waals surface area (Å²) in [6.45, 7) is 4.75. The van der Waals surface area contributed by atoms with Gasteiger partial charge in [-0.2, -0.15) is 0 Å². The molecule has 1 heterocycles. The molecule has 1 fully saturated rings. The highest BCUT2D eigenvalue weighted by Crippen LogP contribution is 2.26. The van der Waals surface area contributed by atoms with E-state index < -0.39 is 5.97 Å². The number of aliphatic carboxylic acids is 1. The summed E-state index contributed by atoms with van der Waals surface area (Å²) in [4.78, 5) is 25.4. The van der Waals surface area contributed by atoms with Gasteiger partial charge in [-0.25, -0.2) is 0 Å². The van der Waals surface area contributed by atoms with Crippen LogP contribution in [-0.4, -0.2) is 42.1 Å². The van der Waals surface area contributed by atoms with Crippen LogP contribution in [0.5, 0.6) is 5.75 Å². The summed E-state index contributed by atoms with van der Waals surface area (Å²) in [5.41, 5.74) is 1.52. The molecule has 5 heteroatoms. The second kappa shape index (κ2) is 6.16. The molecule has 5 nitrogen and oxygen atoms in total. The van der Waals surface area contributed by atoms with Crippen LogP contribution >= 0.6 is 0 Å². The Kier molecular flexibility index (Phi) is 4.50. The van der Waals surface area contributed by atoms with Crippen LogP contribution in [0.3, 0.4) is 0 Å². The van der Waals surface area contributed by atoms with Crippen molar-refractivity contribution in [2.24, 2.45) is 11.8 Å². The van der Waals surface area contributed by atoms with Crippen molar-refractivity contribution in [3.63, 3.8) is 0 Å². The summed E-state index contributed by atoms with van der Waals surface area (Å²) < 4.78 is 5.14. The number of hydrogen-bond donors (Lipinski definition) is 1. The van der Waals surface area contributed by atoms with Gasteiger partial charge in [0.2, 0.25) is 0 Å². The maximum absolute atomic E-state index is 12.6. The maximum Gasteiger partial charge on any atom is 0.306 e. The maximum atomic E-state index is 12.6. The first-order valence-corrected chi connectivity index (χ1v) is 7.10. The number of amides is 1. The molecule has 114 valence electrons. The van der Waals surface area contributed by atoms with Crippen molar-refractivity contribution in [2.75, 3.05) is 20.2 Å². The molecule has 2 atom stereocenters. The van der Waals surface area contributed by atoms with E-state index in [1.807, 2.05) is 19.9 Å². The zero-order valence-corrected chi connectivity index (χ0v) is 12.6. The van der Waals surface area contributed by atoms with Crippen molar-refractivity contribution < 1.29 is 19.4 Å². The highest BCUT2D eigenvalue weighted by molar-refractivity contribution is 5.96. The Hall–Kier alpha value is -2.04. The van der Waals surface area contributed by atoms with E-state index in [1.165, 1.54) is 0 Å². The number of benzene rings is 1. The van der Waals surface area contributed by atoms with Crippen LogP contribution in [0.15, 0.2) is 18.2 Å². The van der Waals surface area contributed by atoms with Gasteiger partial charge in [0, 0.05) is 18.7 Å². The predicted molar refractivity (Wildman–Crippen MR) is 78.5 cm³/mol. The van der Waals surface area contributed by atoms with E-state index in [1.54, 1.807) is 24.1 Å². The fourth-order valence-electron chi connectivity index (χ4n) is 2.87. The Labute approximate surface area is 124 Å². The number of carboxylic acid groups (broad SMARTS) is 1. The van der Waals surface area contributed by atoms with Crippen LogP contribution < -0.4 is 4.74 Å². The monoisotopic (exact) mass is 291 g/mol. The Morgan fingerprint density at radius 2 is 2.10 bits per heavy atom. The zero-order valence-electron chi connectivity index (χ0n) is 12.6. The van der Waals surface area contributed by atoms with E-state index in [-0.39, 0.29) is 17.7 Å². The fourth-order valence-corrected chi connectivity index (χ4v) is 2.87. The van der Waals surface area contributed by atoms with E-state index in [0.717, 1.165) is 11.3 Å². The third kappa shape index (κ3) is 3.17. The Morgan fingerprint density at radius 1 is 1.38 bits per heavy atom. The van der Waals surface area contributed by atoms with Crippen LogP contribution in [-0.2, 0) is 4.79 Å². The highest BCUT2D eigenvalue weighted by atomic mass is 16.5. The molecule has 0 bridgehead atoms. The summed E-state index contributed by atoms with van der Waals surface area (Å²) >= 11 is 0. The molecule has 0 aromatic heterocycles. The van der Waals surface area contributed by atoms with Crippen molar-refractivity contribution in [1.29, 1.82) is 0 Å². The summed E-state index contributed by atoms with van der Waals surface area (Å²) in [6.07, 6.45) is 0.511. The van der Waals surface area contributed by atoms with Gasteiger partial charge in [-0.05, 0) is 43.0 Å². The zero-order chi connectivity index (χ0) is 15.6. The minimum Gasteiger partial charge on any atom is -0.497 e. The number of nitrogens with zero attached hydrogens (tertiary/aromatic N) is 1. The van der Waals surface area contributed by atoms with Gasteiger partial charge < -0.3 is 14.7 Å². The smallest absolute Gasteiger partial charge is 0.306 e.